The van der Waals surface area contributed by atoms with Gasteiger partial charge in [0.2, 0.25) is 11.9 Å². The Kier molecular flexibility index (Phi) is 4.61. The van der Waals surface area contributed by atoms with Crippen LogP contribution in [0.3, 0.4) is 0 Å². The van der Waals surface area contributed by atoms with E-state index < -0.39 is 11.9 Å². The van der Waals surface area contributed by atoms with Crippen molar-refractivity contribution in [1.82, 2.24) is 4.98 Å². The average molecular weight is 287 g/mol. The number of aromatic nitrogens is 1. The molecule has 1 aromatic heterocycles. The van der Waals surface area contributed by atoms with E-state index >= 15 is 0 Å². The Hall–Kier alpha value is -2.76. The second-order valence-corrected chi connectivity index (χ2v) is 4.28. The van der Waals surface area contributed by atoms with Crippen molar-refractivity contribution in [3.05, 3.63) is 54.1 Å². The van der Waals surface area contributed by atoms with E-state index in [2.05, 4.69) is 15.6 Å². The van der Waals surface area contributed by atoms with Crippen molar-refractivity contribution >= 4 is 23.2 Å². The predicted molar refractivity (Wildman–Crippen MR) is 77.5 cm³/mol. The molecule has 0 saturated carbocycles. The molecule has 0 aliphatic carbocycles. The molecule has 1 aromatic carbocycles. The molecule has 0 unspecified atom stereocenters. The number of pyridine rings is 1. The minimum atomic E-state index is -0.708. The quantitative estimate of drug-likeness (QED) is 0.849. The lowest BCUT2D eigenvalue weighted by molar-refractivity contribution is -0.115. The number of halogens is 1. The fourth-order valence-electron chi connectivity index (χ4n) is 1.62. The molecule has 0 aliphatic heterocycles. The molecular weight excluding hydrogens is 273 g/mol. The molecule has 2 N–H and O–H groups in total. The van der Waals surface area contributed by atoms with Crippen LogP contribution in [0, 0.1) is 5.95 Å². The van der Waals surface area contributed by atoms with Crippen LogP contribution in [0.15, 0.2) is 42.5 Å². The molecule has 1 heterocycles. The molecule has 0 spiro atoms. The Morgan fingerprint density at radius 3 is 2.24 bits per heavy atom. The summed E-state index contributed by atoms with van der Waals surface area (Å²) in [6.45, 7) is 1.76. The molecule has 0 fully saturated rings. The van der Waals surface area contributed by atoms with Gasteiger partial charge < -0.3 is 10.6 Å². The van der Waals surface area contributed by atoms with Gasteiger partial charge in [0.15, 0.2) is 0 Å². The van der Waals surface area contributed by atoms with Gasteiger partial charge in [-0.25, -0.2) is 4.98 Å². The number of anilines is 2. The Morgan fingerprint density at radius 1 is 1.05 bits per heavy atom. The number of carbonyl (C=O) groups excluding carboxylic acids is 2. The molecule has 108 valence electrons. The van der Waals surface area contributed by atoms with Gasteiger partial charge in [-0.15, -0.1) is 0 Å². The second kappa shape index (κ2) is 6.60. The maximum atomic E-state index is 12.9. The van der Waals surface area contributed by atoms with Gasteiger partial charge in [-0.3, -0.25) is 9.59 Å². The van der Waals surface area contributed by atoms with E-state index in [-0.39, 0.29) is 11.6 Å². The molecule has 0 bridgehead atoms. The summed E-state index contributed by atoms with van der Waals surface area (Å²) in [4.78, 5) is 26.6. The topological polar surface area (TPSA) is 71.1 Å². The lowest BCUT2D eigenvalue weighted by atomic mass is 10.2. The number of benzene rings is 1. The van der Waals surface area contributed by atoms with Crippen LogP contribution < -0.4 is 10.6 Å². The zero-order valence-corrected chi connectivity index (χ0v) is 11.4. The normalized spacial score (nSPS) is 10.0. The van der Waals surface area contributed by atoms with E-state index in [9.17, 15) is 14.0 Å². The lowest BCUT2D eigenvalue weighted by Gasteiger charge is -2.07. The number of hydrogen-bond donors (Lipinski definition) is 2. The molecule has 0 radical (unpaired) electrons. The Bertz CT molecular complexity index is 656. The minimum Gasteiger partial charge on any atom is -0.326 e. The highest BCUT2D eigenvalue weighted by Gasteiger charge is 2.08. The van der Waals surface area contributed by atoms with Crippen LogP contribution in [0.2, 0.25) is 0 Å². The molecule has 5 nitrogen and oxygen atoms in total. The first-order valence-corrected chi connectivity index (χ1v) is 6.42. The highest BCUT2D eigenvalue weighted by Crippen LogP contribution is 2.14. The van der Waals surface area contributed by atoms with Crippen molar-refractivity contribution < 1.29 is 14.0 Å². The van der Waals surface area contributed by atoms with E-state index in [0.717, 1.165) is 0 Å². The number of hydrogen-bond acceptors (Lipinski definition) is 3. The summed E-state index contributed by atoms with van der Waals surface area (Å²) in [5.41, 5.74) is 1.17. The van der Waals surface area contributed by atoms with Crippen LogP contribution in [0.5, 0.6) is 0 Å². The van der Waals surface area contributed by atoms with E-state index in [1.165, 1.54) is 18.2 Å². The van der Waals surface area contributed by atoms with E-state index in [4.69, 9.17) is 0 Å². The number of carbonyl (C=O) groups is 2. The highest BCUT2D eigenvalue weighted by molar-refractivity contribution is 6.03. The smallest absolute Gasteiger partial charge is 0.274 e. The van der Waals surface area contributed by atoms with Gasteiger partial charge in [0.25, 0.3) is 5.91 Å². The lowest BCUT2D eigenvalue weighted by Crippen LogP contribution is -2.14. The molecule has 0 saturated heterocycles. The van der Waals surface area contributed by atoms with Crippen molar-refractivity contribution in [3.8, 4) is 0 Å². The summed E-state index contributed by atoms with van der Waals surface area (Å²) in [6.07, 6.45) is 0.393. The third-order valence-electron chi connectivity index (χ3n) is 2.70. The summed E-state index contributed by atoms with van der Waals surface area (Å²) < 4.78 is 12.9. The SMILES string of the molecule is CCC(=O)Nc1ccc(NC(=O)c2cccc(F)n2)cc1. The molecule has 2 aromatic rings. The number of nitrogens with one attached hydrogen (secondary N) is 2. The molecule has 2 rings (SSSR count). The summed E-state index contributed by atoms with van der Waals surface area (Å²) in [7, 11) is 0. The molecule has 21 heavy (non-hydrogen) atoms. The van der Waals surface area contributed by atoms with Crippen LogP contribution >= 0.6 is 0 Å². The largest absolute Gasteiger partial charge is 0.326 e. The van der Waals surface area contributed by atoms with Crippen molar-refractivity contribution in [2.45, 2.75) is 13.3 Å². The van der Waals surface area contributed by atoms with E-state index in [1.807, 2.05) is 0 Å². The van der Waals surface area contributed by atoms with Crippen LogP contribution in [-0.2, 0) is 4.79 Å². The minimum absolute atomic E-state index is 0.00152. The van der Waals surface area contributed by atoms with Gasteiger partial charge in [0.05, 0.1) is 0 Å². The van der Waals surface area contributed by atoms with Crippen molar-refractivity contribution in [3.63, 3.8) is 0 Å². The fourth-order valence-corrected chi connectivity index (χ4v) is 1.62. The highest BCUT2D eigenvalue weighted by atomic mass is 19.1. The maximum absolute atomic E-state index is 12.9. The van der Waals surface area contributed by atoms with Gasteiger partial charge >= 0.3 is 0 Å². The van der Waals surface area contributed by atoms with Gasteiger partial charge in [0.1, 0.15) is 5.69 Å². The van der Waals surface area contributed by atoms with Crippen LogP contribution in [0.1, 0.15) is 23.8 Å². The monoisotopic (exact) mass is 287 g/mol. The Morgan fingerprint density at radius 2 is 1.67 bits per heavy atom. The van der Waals surface area contributed by atoms with Crippen LogP contribution in [0.4, 0.5) is 15.8 Å². The molecule has 0 aliphatic rings. The molecule has 2 amide bonds. The van der Waals surface area contributed by atoms with Crippen molar-refractivity contribution in [1.29, 1.82) is 0 Å². The predicted octanol–water partition coefficient (Wildman–Crippen LogP) is 2.82. The van der Waals surface area contributed by atoms with Crippen molar-refractivity contribution in [2.24, 2.45) is 0 Å². The van der Waals surface area contributed by atoms with E-state index in [0.29, 0.717) is 17.8 Å². The third-order valence-corrected chi connectivity index (χ3v) is 2.70. The Balaban J connectivity index is 2.03. The van der Waals surface area contributed by atoms with E-state index in [1.54, 1.807) is 31.2 Å². The first kappa shape index (κ1) is 14.6. The molecule has 6 heteroatoms. The van der Waals surface area contributed by atoms with Gasteiger partial charge in [-0.2, -0.15) is 4.39 Å². The average Bonchev–Trinajstić information content (AvgIpc) is 2.49. The number of amides is 2. The molecular formula is C15H14FN3O2. The zero-order chi connectivity index (χ0) is 15.2. The summed E-state index contributed by atoms with van der Waals surface area (Å²) in [5, 5.41) is 5.30. The van der Waals surface area contributed by atoms with Gasteiger partial charge in [-0.05, 0) is 36.4 Å². The summed E-state index contributed by atoms with van der Waals surface area (Å²) in [6, 6.07) is 10.6. The van der Waals surface area contributed by atoms with Gasteiger partial charge in [-0.1, -0.05) is 13.0 Å². The maximum Gasteiger partial charge on any atom is 0.274 e. The first-order valence-electron chi connectivity index (χ1n) is 6.42. The van der Waals surface area contributed by atoms with Gasteiger partial charge in [0, 0.05) is 17.8 Å². The van der Waals surface area contributed by atoms with Crippen molar-refractivity contribution in [2.75, 3.05) is 10.6 Å². The third kappa shape index (κ3) is 4.10. The van der Waals surface area contributed by atoms with Crippen LogP contribution in [0.25, 0.3) is 0 Å². The zero-order valence-electron chi connectivity index (χ0n) is 11.4. The second-order valence-electron chi connectivity index (χ2n) is 4.28. The molecule has 0 atom stereocenters. The number of rotatable bonds is 4. The standard InChI is InChI=1S/C15H14FN3O2/c1-2-14(20)17-10-6-8-11(9-7-10)18-15(21)12-4-3-5-13(16)19-12/h3-9H,2H2,1H3,(H,17,20)(H,18,21). The van der Waals surface area contributed by atoms with Crippen LogP contribution in [-0.4, -0.2) is 16.8 Å². The number of nitrogens with zero attached hydrogens (tertiary/aromatic N) is 1. The Labute approximate surface area is 121 Å². The fraction of sp³-hybridized carbons (Fsp3) is 0.133. The first-order chi connectivity index (χ1) is 10.1. The summed E-state index contributed by atoms with van der Waals surface area (Å²) >= 11 is 0. The summed E-state index contributed by atoms with van der Waals surface area (Å²) in [5.74, 6) is -1.30.